The fourth-order valence-corrected chi connectivity index (χ4v) is 5.59. The number of carbonyl (C=O) groups excluding carboxylic acids is 1. The van der Waals surface area contributed by atoms with Crippen LogP contribution >= 0.6 is 11.3 Å². The average Bonchev–Trinajstić information content (AvgIpc) is 3.43. The number of aromatic nitrogens is 2. The third kappa shape index (κ3) is 3.42. The molecule has 148 valence electrons. The molecule has 0 atom stereocenters. The molecule has 2 aromatic rings. The molecule has 2 aromatic heterocycles. The molecule has 0 unspecified atom stereocenters. The molecule has 0 radical (unpaired) electrons. The van der Waals surface area contributed by atoms with Crippen LogP contribution in [0.5, 0.6) is 0 Å². The van der Waals surface area contributed by atoms with Gasteiger partial charge in [0.15, 0.2) is 0 Å². The van der Waals surface area contributed by atoms with E-state index >= 15 is 0 Å². The lowest BCUT2D eigenvalue weighted by Gasteiger charge is -2.44. The quantitative estimate of drug-likeness (QED) is 0.857. The van der Waals surface area contributed by atoms with E-state index in [0.717, 1.165) is 61.9 Å². The molecule has 5 rings (SSSR count). The van der Waals surface area contributed by atoms with E-state index in [4.69, 9.17) is 4.74 Å². The highest BCUT2D eigenvalue weighted by Gasteiger charge is 2.43. The first-order valence-electron chi connectivity index (χ1n) is 10.2. The zero-order chi connectivity index (χ0) is 19.1. The van der Waals surface area contributed by atoms with Crippen LogP contribution < -0.4 is 10.2 Å². The molecule has 1 spiro atoms. The number of fused-ring (bicyclic) bond motifs is 2. The van der Waals surface area contributed by atoms with Crippen molar-refractivity contribution in [3.8, 4) is 0 Å². The molecule has 1 amide bonds. The highest BCUT2D eigenvalue weighted by atomic mass is 32.1. The minimum atomic E-state index is -0.244. The van der Waals surface area contributed by atoms with Gasteiger partial charge >= 0.3 is 0 Å². The van der Waals surface area contributed by atoms with Crippen LogP contribution in [0.2, 0.25) is 0 Å². The lowest BCUT2D eigenvalue weighted by atomic mass is 9.85. The van der Waals surface area contributed by atoms with Gasteiger partial charge < -0.3 is 15.0 Å². The SMILES string of the molecule is Cc1cc(N2CCC3(CC2)OCCc2cc(C(=O)NCC4CC4)sc23)ncn1. The number of carbonyl (C=O) groups is 1. The maximum absolute atomic E-state index is 12.6. The Labute approximate surface area is 169 Å². The van der Waals surface area contributed by atoms with Crippen LogP contribution in [0.15, 0.2) is 18.5 Å². The number of thiophene rings is 1. The maximum Gasteiger partial charge on any atom is 0.261 e. The van der Waals surface area contributed by atoms with Crippen LogP contribution in [0, 0.1) is 12.8 Å². The Morgan fingerprint density at radius 3 is 2.89 bits per heavy atom. The van der Waals surface area contributed by atoms with E-state index in [0.29, 0.717) is 5.92 Å². The van der Waals surface area contributed by atoms with Crippen molar-refractivity contribution in [2.75, 3.05) is 31.1 Å². The van der Waals surface area contributed by atoms with E-state index in [-0.39, 0.29) is 11.5 Å². The van der Waals surface area contributed by atoms with Crippen molar-refractivity contribution in [3.63, 3.8) is 0 Å². The van der Waals surface area contributed by atoms with Crippen LogP contribution in [-0.2, 0) is 16.8 Å². The number of anilines is 1. The lowest BCUT2D eigenvalue weighted by Crippen LogP contribution is -2.46. The van der Waals surface area contributed by atoms with Gasteiger partial charge in [-0.2, -0.15) is 0 Å². The number of aryl methyl sites for hydroxylation is 1. The van der Waals surface area contributed by atoms with Gasteiger partial charge in [-0.3, -0.25) is 4.79 Å². The van der Waals surface area contributed by atoms with Crippen LogP contribution in [0.25, 0.3) is 0 Å². The summed E-state index contributed by atoms with van der Waals surface area (Å²) in [5.41, 5.74) is 2.05. The Bertz CT molecular complexity index is 884. The number of hydrogen-bond acceptors (Lipinski definition) is 6. The van der Waals surface area contributed by atoms with E-state index in [9.17, 15) is 4.79 Å². The standard InChI is InChI=1S/C21H26N4O2S/c1-14-10-18(24-13-23-14)25-7-5-21(6-8-25)19-16(4-9-27-21)11-17(28-19)20(26)22-12-15-2-3-15/h10-11,13,15H,2-9,12H2,1H3,(H,22,26). The van der Waals surface area contributed by atoms with Gasteiger partial charge in [-0.1, -0.05) is 0 Å². The van der Waals surface area contributed by atoms with E-state index in [1.807, 2.05) is 13.0 Å². The molecule has 2 fully saturated rings. The van der Waals surface area contributed by atoms with Crippen LogP contribution in [0.1, 0.15) is 51.5 Å². The summed E-state index contributed by atoms with van der Waals surface area (Å²) in [5, 5.41) is 3.10. The Balaban J connectivity index is 1.32. The van der Waals surface area contributed by atoms with Crippen LogP contribution in [0.4, 0.5) is 5.82 Å². The molecule has 28 heavy (non-hydrogen) atoms. The number of rotatable bonds is 4. The molecule has 3 aliphatic rings. The predicted octanol–water partition coefficient (Wildman–Crippen LogP) is 3.05. The summed E-state index contributed by atoms with van der Waals surface area (Å²) in [6.07, 6.45) is 6.88. The van der Waals surface area contributed by atoms with Gasteiger partial charge in [0.25, 0.3) is 5.91 Å². The van der Waals surface area contributed by atoms with Crippen molar-refractivity contribution in [1.82, 2.24) is 15.3 Å². The highest BCUT2D eigenvalue weighted by Crippen LogP contribution is 2.46. The molecule has 0 bridgehead atoms. The number of hydrogen-bond donors (Lipinski definition) is 1. The van der Waals surface area contributed by atoms with Gasteiger partial charge in [-0.25, -0.2) is 9.97 Å². The first-order valence-corrected chi connectivity index (χ1v) is 11.0. The van der Waals surface area contributed by atoms with Gasteiger partial charge in [-0.05, 0) is 56.6 Å². The topological polar surface area (TPSA) is 67.3 Å². The smallest absolute Gasteiger partial charge is 0.261 e. The van der Waals surface area contributed by atoms with Gasteiger partial charge in [0.1, 0.15) is 17.7 Å². The summed E-state index contributed by atoms with van der Waals surface area (Å²) in [4.78, 5) is 25.6. The van der Waals surface area contributed by atoms with Crippen molar-refractivity contribution in [2.45, 2.75) is 44.6 Å². The molecule has 1 saturated carbocycles. The first-order chi connectivity index (χ1) is 13.6. The summed E-state index contributed by atoms with van der Waals surface area (Å²) in [7, 11) is 0. The van der Waals surface area contributed by atoms with Gasteiger partial charge in [0, 0.05) is 36.3 Å². The van der Waals surface area contributed by atoms with Gasteiger partial charge in [-0.15, -0.1) is 11.3 Å². The minimum absolute atomic E-state index is 0.0790. The van der Waals surface area contributed by atoms with Crippen LogP contribution in [0.3, 0.4) is 0 Å². The molecule has 1 saturated heterocycles. The summed E-state index contributed by atoms with van der Waals surface area (Å²) < 4.78 is 6.36. The average molecular weight is 399 g/mol. The summed E-state index contributed by atoms with van der Waals surface area (Å²) in [5.74, 6) is 1.77. The third-order valence-corrected chi connectivity index (χ3v) is 7.49. The predicted molar refractivity (Wildman–Crippen MR) is 109 cm³/mol. The number of piperidine rings is 1. The van der Waals surface area contributed by atoms with E-state index in [1.54, 1.807) is 17.7 Å². The van der Waals surface area contributed by atoms with Crippen molar-refractivity contribution in [3.05, 3.63) is 39.5 Å². The Morgan fingerprint density at radius 2 is 2.14 bits per heavy atom. The molecule has 1 aliphatic carbocycles. The van der Waals surface area contributed by atoms with E-state index in [2.05, 4.69) is 26.3 Å². The lowest BCUT2D eigenvalue weighted by molar-refractivity contribution is -0.0735. The molecule has 7 heteroatoms. The Kier molecular flexibility index (Phi) is 4.59. The molecular formula is C21H26N4O2S. The largest absolute Gasteiger partial charge is 0.369 e. The second-order valence-electron chi connectivity index (χ2n) is 8.22. The van der Waals surface area contributed by atoms with Crippen molar-refractivity contribution < 1.29 is 9.53 Å². The normalized spacial score (nSPS) is 20.8. The number of amides is 1. The second kappa shape index (κ2) is 7.12. The van der Waals surface area contributed by atoms with Gasteiger partial charge in [0.2, 0.25) is 0 Å². The fourth-order valence-electron chi connectivity index (χ4n) is 4.26. The molecular weight excluding hydrogens is 372 g/mol. The molecule has 2 aliphatic heterocycles. The Hall–Kier alpha value is -1.99. The number of nitrogens with one attached hydrogen (secondary N) is 1. The zero-order valence-corrected chi connectivity index (χ0v) is 17.1. The molecule has 1 N–H and O–H groups in total. The summed E-state index contributed by atoms with van der Waals surface area (Å²) in [6.45, 7) is 5.35. The molecule has 6 nitrogen and oxygen atoms in total. The fraction of sp³-hybridized carbons (Fsp3) is 0.571. The zero-order valence-electron chi connectivity index (χ0n) is 16.2. The molecule has 4 heterocycles. The van der Waals surface area contributed by atoms with Crippen molar-refractivity contribution in [1.29, 1.82) is 0 Å². The van der Waals surface area contributed by atoms with Crippen molar-refractivity contribution >= 4 is 23.1 Å². The summed E-state index contributed by atoms with van der Waals surface area (Å²) >= 11 is 1.64. The third-order valence-electron chi connectivity index (χ3n) is 6.13. The monoisotopic (exact) mass is 398 g/mol. The van der Waals surface area contributed by atoms with Crippen LogP contribution in [-0.4, -0.2) is 42.1 Å². The second-order valence-corrected chi connectivity index (χ2v) is 9.27. The minimum Gasteiger partial charge on any atom is -0.369 e. The number of ether oxygens (including phenoxy) is 1. The van der Waals surface area contributed by atoms with Gasteiger partial charge in [0.05, 0.1) is 11.5 Å². The number of nitrogens with zero attached hydrogens (tertiary/aromatic N) is 3. The van der Waals surface area contributed by atoms with E-state index < -0.39 is 0 Å². The maximum atomic E-state index is 12.6. The highest BCUT2D eigenvalue weighted by molar-refractivity contribution is 7.14. The summed E-state index contributed by atoms with van der Waals surface area (Å²) in [6, 6.07) is 4.14. The molecule has 0 aromatic carbocycles. The van der Waals surface area contributed by atoms with E-state index in [1.165, 1.54) is 23.3 Å². The first kappa shape index (κ1) is 18.1. The Morgan fingerprint density at radius 1 is 1.32 bits per heavy atom. The van der Waals surface area contributed by atoms with Crippen molar-refractivity contribution in [2.24, 2.45) is 5.92 Å².